The minimum absolute atomic E-state index is 0.139. The molecule has 0 bridgehead atoms. The summed E-state index contributed by atoms with van der Waals surface area (Å²) >= 11 is 0. The summed E-state index contributed by atoms with van der Waals surface area (Å²) in [6, 6.07) is 30.0. The normalized spacial score (nSPS) is 10.7. The van der Waals surface area contributed by atoms with Gasteiger partial charge in [-0.3, -0.25) is 0 Å². The van der Waals surface area contributed by atoms with Crippen LogP contribution in [0.3, 0.4) is 0 Å². The number of phenolic OH excluding ortho intramolecular Hbond substituents is 4. The van der Waals surface area contributed by atoms with Crippen LogP contribution < -0.4 is 4.74 Å². The monoisotopic (exact) mass is 508 g/mol. The number of para-hydroxylation sites is 1. The van der Waals surface area contributed by atoms with Crippen molar-refractivity contribution in [1.29, 1.82) is 0 Å². The molecule has 2 heterocycles. The molecular weight excluding hydrogens is 484 g/mol. The fourth-order valence-electron chi connectivity index (χ4n) is 3.88. The summed E-state index contributed by atoms with van der Waals surface area (Å²) in [6.45, 7) is 0. The lowest BCUT2D eigenvalue weighted by atomic mass is 10.1. The van der Waals surface area contributed by atoms with Crippen LogP contribution in [0.15, 0.2) is 112 Å². The van der Waals surface area contributed by atoms with E-state index in [0.29, 0.717) is 28.4 Å². The zero-order valence-electron chi connectivity index (χ0n) is 20.3. The molecule has 38 heavy (non-hydrogen) atoms. The summed E-state index contributed by atoms with van der Waals surface area (Å²) in [7, 11) is 1.60. The van der Waals surface area contributed by atoms with Gasteiger partial charge in [-0.05, 0) is 54.6 Å². The molecule has 4 aromatic carbocycles. The van der Waals surface area contributed by atoms with Crippen LogP contribution >= 0.6 is 0 Å². The second-order valence-corrected chi connectivity index (χ2v) is 8.45. The second-order valence-electron chi connectivity index (χ2n) is 8.45. The van der Waals surface area contributed by atoms with Gasteiger partial charge in [0, 0.05) is 30.3 Å². The maximum Gasteiger partial charge on any atom is 0.364 e. The van der Waals surface area contributed by atoms with Crippen molar-refractivity contribution in [2.75, 3.05) is 7.11 Å². The van der Waals surface area contributed by atoms with E-state index in [1.807, 2.05) is 60.7 Å². The first-order valence-corrected chi connectivity index (χ1v) is 11.7. The van der Waals surface area contributed by atoms with E-state index in [0.717, 1.165) is 21.9 Å². The summed E-state index contributed by atoms with van der Waals surface area (Å²) in [5.41, 5.74) is 2.87. The Hall–Kier alpha value is -5.30. The molecule has 2 aromatic heterocycles. The van der Waals surface area contributed by atoms with Crippen LogP contribution in [0.5, 0.6) is 28.7 Å². The highest BCUT2D eigenvalue weighted by Crippen LogP contribution is 2.33. The summed E-state index contributed by atoms with van der Waals surface area (Å²) < 4.78 is 16.7. The van der Waals surface area contributed by atoms with Crippen LogP contribution in [0.1, 0.15) is 0 Å². The predicted octanol–water partition coefficient (Wildman–Crippen LogP) is 7.59. The third kappa shape index (κ3) is 5.12. The number of aromatic hydroxyl groups is 4. The predicted molar refractivity (Wildman–Crippen MR) is 145 cm³/mol. The Morgan fingerprint density at radius 3 is 1.61 bits per heavy atom. The molecule has 0 spiro atoms. The van der Waals surface area contributed by atoms with Crippen LogP contribution in [0.4, 0.5) is 0 Å². The summed E-state index contributed by atoms with van der Waals surface area (Å²) in [5.74, 6) is 1.33. The highest BCUT2D eigenvalue weighted by atomic mass is 16.5. The number of hydrogen-bond donors (Lipinski definition) is 4. The zero-order valence-corrected chi connectivity index (χ0v) is 20.3. The van der Waals surface area contributed by atoms with Crippen LogP contribution in [-0.4, -0.2) is 27.5 Å². The van der Waals surface area contributed by atoms with Crippen LogP contribution in [0, 0.1) is 0 Å². The minimum Gasteiger partial charge on any atom is -0.504 e. The van der Waals surface area contributed by atoms with Crippen LogP contribution in [0.25, 0.3) is 44.6 Å². The van der Waals surface area contributed by atoms with Gasteiger partial charge >= 0.3 is 22.7 Å². The molecule has 0 aliphatic rings. The molecule has 7 heteroatoms. The van der Waals surface area contributed by atoms with Crippen molar-refractivity contribution in [2.45, 2.75) is 0 Å². The molecule has 6 rings (SSSR count). The molecule has 0 saturated heterocycles. The highest BCUT2D eigenvalue weighted by molar-refractivity contribution is 5.81. The molecule has 0 fully saturated rings. The second kappa shape index (κ2) is 10.4. The first-order valence-electron chi connectivity index (χ1n) is 11.7. The van der Waals surface area contributed by atoms with Gasteiger partial charge in [0.25, 0.3) is 0 Å². The molecule has 0 unspecified atom stereocenters. The van der Waals surface area contributed by atoms with E-state index in [4.69, 9.17) is 13.6 Å². The van der Waals surface area contributed by atoms with Crippen molar-refractivity contribution < 1.29 is 34.0 Å². The van der Waals surface area contributed by atoms with Gasteiger partial charge in [0.2, 0.25) is 0 Å². The lowest BCUT2D eigenvalue weighted by molar-refractivity contribution is 0.404. The molecule has 6 aromatic rings. The van der Waals surface area contributed by atoms with Crippen LogP contribution in [0.2, 0.25) is 0 Å². The number of phenols is 4. The first kappa shape index (κ1) is 24.4. The Morgan fingerprint density at radius 1 is 0.500 bits per heavy atom. The summed E-state index contributed by atoms with van der Waals surface area (Å²) in [5, 5.41) is 39.6. The zero-order chi connectivity index (χ0) is 26.6. The van der Waals surface area contributed by atoms with Crippen LogP contribution in [-0.2, 0) is 0 Å². The van der Waals surface area contributed by atoms with E-state index >= 15 is 0 Å². The maximum absolute atomic E-state index is 9.55. The Morgan fingerprint density at radius 2 is 1.03 bits per heavy atom. The number of hydrogen-bond acceptors (Lipinski definition) is 5. The average Bonchev–Trinajstić information content (AvgIpc) is 2.95. The average molecular weight is 509 g/mol. The fourth-order valence-corrected chi connectivity index (χ4v) is 3.88. The topological polar surface area (TPSA) is 113 Å². The largest absolute Gasteiger partial charge is 0.504 e. The van der Waals surface area contributed by atoms with Gasteiger partial charge in [0.1, 0.15) is 5.75 Å². The number of methoxy groups -OCH3 is 1. The highest BCUT2D eigenvalue weighted by Gasteiger charge is 2.17. The van der Waals surface area contributed by atoms with E-state index in [2.05, 4.69) is 0 Å². The first-order chi connectivity index (χ1) is 18.4. The van der Waals surface area contributed by atoms with Crippen molar-refractivity contribution in [3.05, 3.63) is 103 Å². The maximum atomic E-state index is 9.55. The number of fused-ring (bicyclic) bond motifs is 2. The molecule has 0 radical (unpaired) electrons. The Balaban J connectivity index is 0.000000156. The van der Waals surface area contributed by atoms with Crippen molar-refractivity contribution in [3.8, 4) is 51.4 Å². The third-order valence-corrected chi connectivity index (χ3v) is 5.93. The summed E-state index contributed by atoms with van der Waals surface area (Å²) in [4.78, 5) is 0. The minimum atomic E-state index is -0.177. The fraction of sp³-hybridized carbons (Fsp3) is 0.0323. The number of ether oxygens (including phenoxy) is 1. The SMILES string of the molecule is COc1ccc2ccc(-c3ccc(O)c(O)c3)[o+]c2c1.Oc1ccc(-c2ccc3ccccc3[o+]2)cc1O. The quantitative estimate of drug-likeness (QED) is 0.144. The Bertz CT molecular complexity index is 1760. The Labute approximate surface area is 217 Å². The molecular formula is C31H24O7+2. The van der Waals surface area contributed by atoms with E-state index in [1.54, 1.807) is 25.3 Å². The van der Waals surface area contributed by atoms with Gasteiger partial charge in [0.05, 0.1) is 35.1 Å². The third-order valence-electron chi connectivity index (χ3n) is 5.93. The van der Waals surface area contributed by atoms with E-state index in [1.165, 1.54) is 24.3 Å². The standard InChI is InChI=1S/C16H12O4.C15H10O3/c1-19-12-5-2-10-4-7-15(20-16(10)9-12)11-3-6-13(17)14(18)8-11;16-12-7-5-11(9-13(12)17)15-8-6-10-3-1-2-4-14(10)18-15/h2-9H,1H3,(H-,17,18);1-9H,(H-,16,17)/p+2. The molecule has 188 valence electrons. The molecule has 0 amide bonds. The number of rotatable bonds is 3. The van der Waals surface area contributed by atoms with Gasteiger partial charge < -0.3 is 25.2 Å². The van der Waals surface area contributed by atoms with Gasteiger partial charge in [-0.2, -0.15) is 0 Å². The van der Waals surface area contributed by atoms with Crippen molar-refractivity contribution in [3.63, 3.8) is 0 Å². The van der Waals surface area contributed by atoms with Gasteiger partial charge in [-0.15, -0.1) is 0 Å². The molecule has 7 nitrogen and oxygen atoms in total. The smallest absolute Gasteiger partial charge is 0.364 e. The lowest BCUT2D eigenvalue weighted by Gasteiger charge is -1.99. The molecule has 0 aliphatic carbocycles. The van der Waals surface area contributed by atoms with Crippen molar-refractivity contribution in [1.82, 2.24) is 0 Å². The summed E-state index contributed by atoms with van der Waals surface area (Å²) in [6.07, 6.45) is 0. The van der Waals surface area contributed by atoms with E-state index in [-0.39, 0.29) is 23.0 Å². The molecule has 0 saturated carbocycles. The van der Waals surface area contributed by atoms with Gasteiger partial charge in [0.15, 0.2) is 23.0 Å². The van der Waals surface area contributed by atoms with Gasteiger partial charge in [-0.1, -0.05) is 12.1 Å². The van der Waals surface area contributed by atoms with E-state index in [9.17, 15) is 20.4 Å². The number of benzene rings is 4. The van der Waals surface area contributed by atoms with Crippen molar-refractivity contribution in [2.24, 2.45) is 0 Å². The Kier molecular flexibility index (Phi) is 6.65. The van der Waals surface area contributed by atoms with Gasteiger partial charge in [-0.25, -0.2) is 8.83 Å². The van der Waals surface area contributed by atoms with E-state index < -0.39 is 0 Å². The van der Waals surface area contributed by atoms with Crippen molar-refractivity contribution >= 4 is 21.9 Å². The lowest BCUT2D eigenvalue weighted by Crippen LogP contribution is -1.83. The molecule has 0 aliphatic heterocycles. The molecule has 4 N–H and O–H groups in total. The molecule has 0 atom stereocenters.